The average Bonchev–Trinajstić information content (AvgIpc) is 3.72. The van der Waals surface area contributed by atoms with Gasteiger partial charge in [0.1, 0.15) is 11.2 Å². The number of benzene rings is 8. The molecular formula is C51H34N4O. The predicted molar refractivity (Wildman–Crippen MR) is 229 cm³/mol. The van der Waals surface area contributed by atoms with Gasteiger partial charge in [0.15, 0.2) is 17.5 Å². The maximum absolute atomic E-state index is 8.63. The van der Waals surface area contributed by atoms with Crippen molar-refractivity contribution in [2.75, 3.05) is 4.90 Å². The van der Waals surface area contributed by atoms with Crippen molar-refractivity contribution in [3.63, 3.8) is 0 Å². The highest BCUT2D eigenvalue weighted by molar-refractivity contribution is 6.16. The molecule has 5 nitrogen and oxygen atoms in total. The van der Waals surface area contributed by atoms with Gasteiger partial charge in [-0.25, -0.2) is 15.0 Å². The van der Waals surface area contributed by atoms with Gasteiger partial charge in [0.05, 0.1) is 23.5 Å². The van der Waals surface area contributed by atoms with Crippen molar-refractivity contribution in [2.24, 2.45) is 0 Å². The van der Waals surface area contributed by atoms with Gasteiger partial charge >= 0.3 is 0 Å². The highest BCUT2D eigenvalue weighted by Gasteiger charge is 2.24. The molecule has 56 heavy (non-hydrogen) atoms. The Bertz CT molecular complexity index is 3150. The van der Waals surface area contributed by atoms with E-state index >= 15 is 0 Å². The topological polar surface area (TPSA) is 55.1 Å². The van der Waals surface area contributed by atoms with E-state index in [1.54, 1.807) is 12.1 Å². The van der Waals surface area contributed by atoms with Crippen LogP contribution in [0.2, 0.25) is 0 Å². The number of nitrogens with zero attached hydrogens (tertiary/aromatic N) is 4. The lowest BCUT2D eigenvalue weighted by molar-refractivity contribution is 0.669. The summed E-state index contributed by atoms with van der Waals surface area (Å²) in [5.74, 6) is 1.54. The first-order valence-electron chi connectivity index (χ1n) is 20.8. The average molecular weight is 724 g/mol. The summed E-state index contributed by atoms with van der Waals surface area (Å²) in [5.41, 5.74) is 9.00. The lowest BCUT2D eigenvalue weighted by Gasteiger charge is -2.27. The minimum absolute atomic E-state index is 0.144. The Morgan fingerprint density at radius 3 is 1.48 bits per heavy atom. The largest absolute Gasteiger partial charge is 0.455 e. The predicted octanol–water partition coefficient (Wildman–Crippen LogP) is 13.6. The van der Waals surface area contributed by atoms with Crippen LogP contribution in [0.4, 0.5) is 17.1 Å². The standard InChI is InChI=1S/C51H34N4O/c1-5-15-35(16-6-1)37-25-29-41(30-26-37)55(42-31-27-38(28-32-42)36-17-7-2-8-18-36)45-34-33-44(48-47(45)43-23-13-14-24-46(43)56-48)51-53-49(39-19-9-3-10-20-39)52-50(54-51)40-21-11-4-12-22-40/h1-34H/i1D,5D,6D,15D,16D. The first-order valence-corrected chi connectivity index (χ1v) is 18.3. The summed E-state index contributed by atoms with van der Waals surface area (Å²) < 4.78 is 48.7. The Labute approximate surface area is 331 Å². The summed E-state index contributed by atoms with van der Waals surface area (Å²) >= 11 is 0. The van der Waals surface area contributed by atoms with Crippen LogP contribution in [0.1, 0.15) is 6.85 Å². The molecular weight excluding hydrogens is 685 g/mol. The molecule has 0 atom stereocenters. The number of hydrogen-bond acceptors (Lipinski definition) is 5. The van der Waals surface area contributed by atoms with Crippen LogP contribution in [-0.2, 0) is 0 Å². The van der Waals surface area contributed by atoms with Gasteiger partial charge in [-0.1, -0.05) is 164 Å². The smallest absolute Gasteiger partial charge is 0.167 e. The van der Waals surface area contributed by atoms with Crippen molar-refractivity contribution >= 4 is 39.0 Å². The fourth-order valence-corrected chi connectivity index (χ4v) is 7.13. The second-order valence-corrected chi connectivity index (χ2v) is 13.3. The summed E-state index contributed by atoms with van der Waals surface area (Å²) in [6.07, 6.45) is 0. The molecule has 0 radical (unpaired) electrons. The molecule has 0 N–H and O–H groups in total. The minimum atomic E-state index is -0.426. The van der Waals surface area contributed by atoms with E-state index in [1.165, 1.54) is 0 Å². The third-order valence-electron chi connectivity index (χ3n) is 9.83. The monoisotopic (exact) mass is 723 g/mol. The lowest BCUT2D eigenvalue weighted by Crippen LogP contribution is -2.10. The van der Waals surface area contributed by atoms with Gasteiger partial charge in [0, 0.05) is 27.9 Å². The zero-order chi connectivity index (χ0) is 41.6. The number of anilines is 3. The van der Waals surface area contributed by atoms with Crippen LogP contribution >= 0.6 is 0 Å². The molecule has 8 aromatic carbocycles. The molecule has 264 valence electrons. The second kappa shape index (κ2) is 14.3. The lowest BCUT2D eigenvalue weighted by atomic mass is 10.0. The molecule has 0 aliphatic carbocycles. The fourth-order valence-electron chi connectivity index (χ4n) is 7.13. The van der Waals surface area contributed by atoms with Gasteiger partial charge in [-0.05, 0) is 64.7 Å². The number of aromatic nitrogens is 3. The Morgan fingerprint density at radius 1 is 0.411 bits per heavy atom. The maximum atomic E-state index is 8.63. The van der Waals surface area contributed by atoms with Crippen LogP contribution < -0.4 is 4.90 Å². The quantitative estimate of drug-likeness (QED) is 0.156. The first-order chi connectivity index (χ1) is 29.8. The van der Waals surface area contributed by atoms with Crippen LogP contribution in [0.5, 0.6) is 0 Å². The van der Waals surface area contributed by atoms with E-state index in [4.69, 9.17) is 26.2 Å². The van der Waals surface area contributed by atoms with E-state index in [2.05, 4.69) is 47.4 Å². The van der Waals surface area contributed by atoms with Crippen molar-refractivity contribution < 1.29 is 11.3 Å². The first kappa shape index (κ1) is 27.9. The van der Waals surface area contributed by atoms with Crippen LogP contribution in [-0.4, -0.2) is 15.0 Å². The van der Waals surface area contributed by atoms with E-state index in [9.17, 15) is 0 Å². The molecule has 10 aromatic rings. The highest BCUT2D eigenvalue weighted by Crippen LogP contribution is 2.46. The Balaban J connectivity index is 1.19. The summed E-state index contributed by atoms with van der Waals surface area (Å²) in [5, 5.41) is 1.74. The zero-order valence-corrected chi connectivity index (χ0v) is 29.9. The van der Waals surface area contributed by atoms with Gasteiger partial charge in [-0.3, -0.25) is 0 Å². The van der Waals surface area contributed by atoms with Crippen LogP contribution in [0.15, 0.2) is 211 Å². The van der Waals surface area contributed by atoms with Crippen LogP contribution in [0, 0.1) is 0 Å². The maximum Gasteiger partial charge on any atom is 0.167 e. The number of fused-ring (bicyclic) bond motifs is 3. The minimum Gasteiger partial charge on any atom is -0.455 e. The molecule has 0 saturated heterocycles. The van der Waals surface area contributed by atoms with Gasteiger partial charge < -0.3 is 9.32 Å². The van der Waals surface area contributed by atoms with Crippen LogP contribution in [0.25, 0.3) is 78.4 Å². The van der Waals surface area contributed by atoms with E-state index < -0.39 is 6.04 Å². The van der Waals surface area contributed by atoms with Gasteiger partial charge in [0.25, 0.3) is 0 Å². The van der Waals surface area contributed by atoms with Crippen molar-refractivity contribution in [3.8, 4) is 56.4 Å². The second-order valence-electron chi connectivity index (χ2n) is 13.3. The molecule has 0 saturated carbocycles. The molecule has 0 aliphatic rings. The van der Waals surface area contributed by atoms with Crippen molar-refractivity contribution in [1.29, 1.82) is 0 Å². The zero-order valence-electron chi connectivity index (χ0n) is 34.9. The molecule has 0 spiro atoms. The molecule has 0 amide bonds. The molecule has 2 heterocycles. The van der Waals surface area contributed by atoms with Crippen molar-refractivity contribution in [1.82, 2.24) is 15.0 Å². The van der Waals surface area contributed by atoms with Crippen LogP contribution in [0.3, 0.4) is 0 Å². The Kier molecular flexibility index (Phi) is 7.13. The number of hydrogen-bond donors (Lipinski definition) is 0. The number of para-hydroxylation sites is 1. The molecule has 0 unspecified atom stereocenters. The Hall–Kier alpha value is -7.63. The van der Waals surface area contributed by atoms with E-state index in [-0.39, 0.29) is 29.7 Å². The van der Waals surface area contributed by atoms with E-state index in [0.717, 1.165) is 50.1 Å². The third-order valence-corrected chi connectivity index (χ3v) is 9.83. The molecule has 0 fully saturated rings. The number of rotatable bonds is 8. The number of furan rings is 1. The molecule has 2 aromatic heterocycles. The van der Waals surface area contributed by atoms with Crippen molar-refractivity contribution in [2.45, 2.75) is 0 Å². The highest BCUT2D eigenvalue weighted by atomic mass is 16.3. The van der Waals surface area contributed by atoms with Gasteiger partial charge in [-0.2, -0.15) is 0 Å². The summed E-state index contributed by atoms with van der Waals surface area (Å²) in [6, 6.07) is 56.0. The fraction of sp³-hybridized carbons (Fsp3) is 0. The third kappa shape index (κ3) is 6.17. The molecule has 0 aliphatic heterocycles. The summed E-state index contributed by atoms with van der Waals surface area (Å²) in [6.45, 7) is 0. The molecule has 0 bridgehead atoms. The van der Waals surface area contributed by atoms with Gasteiger partial charge in [0.2, 0.25) is 0 Å². The normalized spacial score (nSPS) is 12.5. The van der Waals surface area contributed by atoms with Gasteiger partial charge in [-0.15, -0.1) is 0 Å². The Morgan fingerprint density at radius 2 is 0.893 bits per heavy atom. The SMILES string of the molecule is [2H]c1c([2H])c([2H])c(-c2ccc(N(c3ccc(-c4ccccc4)cc3)c3ccc(-c4nc(-c5ccccc5)nc(-c5ccccc5)n4)c4oc5ccccc5c34)cc2)c([2H])c1[2H]. The molecule has 10 rings (SSSR count). The van der Waals surface area contributed by atoms with Crippen molar-refractivity contribution in [3.05, 3.63) is 206 Å². The van der Waals surface area contributed by atoms with E-state index in [1.807, 2.05) is 121 Å². The summed E-state index contributed by atoms with van der Waals surface area (Å²) in [4.78, 5) is 17.2. The summed E-state index contributed by atoms with van der Waals surface area (Å²) in [7, 11) is 0. The molecule has 5 heteroatoms. The van der Waals surface area contributed by atoms with E-state index in [0.29, 0.717) is 39.8 Å².